The van der Waals surface area contributed by atoms with Gasteiger partial charge in [-0.2, -0.15) is 0 Å². The van der Waals surface area contributed by atoms with Crippen molar-refractivity contribution in [3.63, 3.8) is 0 Å². The standard InChI is InChI=1S/C18H29NO2/c1-14(19-13-15-8-6-4-5-7-9-15)16-10-11-17(20-2)18(12-16)21-3/h10-12,14-15,19H,4-9,13H2,1-3H3. The van der Waals surface area contributed by atoms with Gasteiger partial charge in [0.15, 0.2) is 11.5 Å². The molecular formula is C18H29NO2. The van der Waals surface area contributed by atoms with Crippen molar-refractivity contribution in [2.24, 2.45) is 5.92 Å². The lowest BCUT2D eigenvalue weighted by Crippen LogP contribution is -2.25. The van der Waals surface area contributed by atoms with Crippen LogP contribution < -0.4 is 14.8 Å². The Morgan fingerprint density at radius 2 is 1.71 bits per heavy atom. The molecule has 1 N–H and O–H groups in total. The van der Waals surface area contributed by atoms with Crippen LogP contribution in [0.15, 0.2) is 18.2 Å². The van der Waals surface area contributed by atoms with Crippen molar-refractivity contribution in [1.82, 2.24) is 5.32 Å². The largest absolute Gasteiger partial charge is 0.493 e. The monoisotopic (exact) mass is 291 g/mol. The molecule has 1 aromatic rings. The van der Waals surface area contributed by atoms with E-state index in [1.807, 2.05) is 6.07 Å². The second kappa shape index (κ2) is 8.28. The quantitative estimate of drug-likeness (QED) is 0.792. The number of nitrogens with one attached hydrogen (secondary N) is 1. The average Bonchev–Trinajstić information content (AvgIpc) is 2.80. The van der Waals surface area contributed by atoms with E-state index in [4.69, 9.17) is 9.47 Å². The van der Waals surface area contributed by atoms with Crippen molar-refractivity contribution in [2.45, 2.75) is 51.5 Å². The van der Waals surface area contributed by atoms with E-state index >= 15 is 0 Å². The molecule has 1 unspecified atom stereocenters. The third kappa shape index (κ3) is 4.63. The van der Waals surface area contributed by atoms with Gasteiger partial charge in [0.2, 0.25) is 0 Å². The van der Waals surface area contributed by atoms with E-state index in [-0.39, 0.29) is 0 Å². The van der Waals surface area contributed by atoms with Crippen LogP contribution in [0.5, 0.6) is 11.5 Å². The van der Waals surface area contributed by atoms with Gasteiger partial charge in [0.1, 0.15) is 0 Å². The molecule has 0 bridgehead atoms. The normalized spacial score (nSPS) is 18.0. The molecule has 0 radical (unpaired) electrons. The third-order valence-electron chi connectivity index (χ3n) is 4.60. The number of hydrogen-bond donors (Lipinski definition) is 1. The van der Waals surface area contributed by atoms with Gasteiger partial charge in [0.25, 0.3) is 0 Å². The highest BCUT2D eigenvalue weighted by Crippen LogP contribution is 2.30. The van der Waals surface area contributed by atoms with E-state index in [1.54, 1.807) is 14.2 Å². The van der Waals surface area contributed by atoms with Crippen molar-refractivity contribution in [2.75, 3.05) is 20.8 Å². The van der Waals surface area contributed by atoms with Gasteiger partial charge in [0, 0.05) is 6.04 Å². The predicted octanol–water partition coefficient (Wildman–Crippen LogP) is 4.32. The molecule has 3 heteroatoms. The maximum absolute atomic E-state index is 5.39. The lowest BCUT2D eigenvalue weighted by atomic mass is 9.99. The summed E-state index contributed by atoms with van der Waals surface area (Å²) >= 11 is 0. The summed E-state index contributed by atoms with van der Waals surface area (Å²) in [4.78, 5) is 0. The zero-order valence-corrected chi connectivity index (χ0v) is 13.7. The second-order valence-electron chi connectivity index (χ2n) is 6.10. The molecule has 1 aliphatic carbocycles. The first-order valence-corrected chi connectivity index (χ1v) is 8.20. The number of ether oxygens (including phenoxy) is 2. The topological polar surface area (TPSA) is 30.5 Å². The van der Waals surface area contributed by atoms with E-state index in [2.05, 4.69) is 24.4 Å². The van der Waals surface area contributed by atoms with Crippen molar-refractivity contribution in [3.8, 4) is 11.5 Å². The highest BCUT2D eigenvalue weighted by Gasteiger charge is 2.15. The van der Waals surface area contributed by atoms with Crippen LogP contribution in [0, 0.1) is 5.92 Å². The first-order chi connectivity index (χ1) is 10.2. The van der Waals surface area contributed by atoms with Crippen LogP contribution in [0.4, 0.5) is 0 Å². The Balaban J connectivity index is 1.91. The van der Waals surface area contributed by atoms with E-state index < -0.39 is 0 Å². The summed E-state index contributed by atoms with van der Waals surface area (Å²) in [5.74, 6) is 2.44. The zero-order chi connectivity index (χ0) is 15.1. The molecule has 0 saturated heterocycles. The van der Waals surface area contributed by atoms with Crippen LogP contribution in [0.25, 0.3) is 0 Å². The molecule has 1 atom stereocenters. The summed E-state index contributed by atoms with van der Waals surface area (Å²) < 4.78 is 10.7. The molecule has 0 aromatic heterocycles. The van der Waals surface area contributed by atoms with Crippen molar-refractivity contribution in [3.05, 3.63) is 23.8 Å². The lowest BCUT2D eigenvalue weighted by Gasteiger charge is -2.20. The van der Waals surface area contributed by atoms with Crippen LogP contribution >= 0.6 is 0 Å². The SMILES string of the molecule is COc1ccc(C(C)NCC2CCCCCC2)cc1OC. The van der Waals surface area contributed by atoms with E-state index in [0.29, 0.717) is 6.04 Å². The molecule has 1 fully saturated rings. The maximum Gasteiger partial charge on any atom is 0.161 e. The second-order valence-corrected chi connectivity index (χ2v) is 6.10. The Morgan fingerprint density at radius 1 is 1.05 bits per heavy atom. The number of benzene rings is 1. The summed E-state index contributed by atoms with van der Waals surface area (Å²) in [7, 11) is 3.36. The molecular weight excluding hydrogens is 262 g/mol. The first-order valence-electron chi connectivity index (χ1n) is 8.20. The Morgan fingerprint density at radius 3 is 2.33 bits per heavy atom. The van der Waals surface area contributed by atoms with Crippen molar-refractivity contribution < 1.29 is 9.47 Å². The molecule has 1 aliphatic rings. The fraction of sp³-hybridized carbons (Fsp3) is 0.667. The van der Waals surface area contributed by atoms with Crippen LogP contribution in [-0.4, -0.2) is 20.8 Å². The summed E-state index contributed by atoms with van der Waals surface area (Å²) in [6.07, 6.45) is 8.40. The molecule has 0 spiro atoms. The molecule has 2 rings (SSSR count). The van der Waals surface area contributed by atoms with Gasteiger partial charge in [-0.25, -0.2) is 0 Å². The molecule has 0 aliphatic heterocycles. The zero-order valence-electron chi connectivity index (χ0n) is 13.7. The highest BCUT2D eigenvalue weighted by atomic mass is 16.5. The fourth-order valence-corrected chi connectivity index (χ4v) is 3.15. The molecule has 3 nitrogen and oxygen atoms in total. The van der Waals surface area contributed by atoms with Crippen LogP contribution in [0.2, 0.25) is 0 Å². The minimum atomic E-state index is 0.341. The average molecular weight is 291 g/mol. The Bertz CT molecular complexity index is 425. The maximum atomic E-state index is 5.39. The summed E-state index contributed by atoms with van der Waals surface area (Å²) in [5.41, 5.74) is 1.25. The minimum absolute atomic E-state index is 0.341. The predicted molar refractivity (Wildman–Crippen MR) is 87.2 cm³/mol. The van der Waals surface area contributed by atoms with E-state index in [0.717, 1.165) is 24.0 Å². The first kappa shape index (κ1) is 16.2. The Labute approximate surface area is 129 Å². The summed E-state index contributed by atoms with van der Waals surface area (Å²) in [5, 5.41) is 3.69. The van der Waals surface area contributed by atoms with Gasteiger partial charge < -0.3 is 14.8 Å². The van der Waals surface area contributed by atoms with E-state index in [9.17, 15) is 0 Å². The molecule has 1 saturated carbocycles. The van der Waals surface area contributed by atoms with Crippen molar-refractivity contribution in [1.29, 1.82) is 0 Å². The Hall–Kier alpha value is -1.22. The summed E-state index contributed by atoms with van der Waals surface area (Å²) in [6.45, 7) is 3.34. The molecule has 1 aromatic carbocycles. The number of rotatable bonds is 6. The van der Waals surface area contributed by atoms with Gasteiger partial charge in [-0.15, -0.1) is 0 Å². The molecule has 118 valence electrons. The number of methoxy groups -OCH3 is 2. The smallest absolute Gasteiger partial charge is 0.161 e. The summed E-state index contributed by atoms with van der Waals surface area (Å²) in [6, 6.07) is 6.52. The van der Waals surface area contributed by atoms with Gasteiger partial charge in [-0.3, -0.25) is 0 Å². The highest BCUT2D eigenvalue weighted by molar-refractivity contribution is 5.43. The number of hydrogen-bond acceptors (Lipinski definition) is 3. The van der Waals surface area contributed by atoms with Gasteiger partial charge in [-0.1, -0.05) is 31.7 Å². The van der Waals surface area contributed by atoms with Crippen molar-refractivity contribution >= 4 is 0 Å². The van der Waals surface area contributed by atoms with Gasteiger partial charge in [0.05, 0.1) is 14.2 Å². The third-order valence-corrected chi connectivity index (χ3v) is 4.60. The van der Waals surface area contributed by atoms with Crippen LogP contribution in [-0.2, 0) is 0 Å². The molecule has 0 heterocycles. The van der Waals surface area contributed by atoms with Crippen LogP contribution in [0.3, 0.4) is 0 Å². The Kier molecular flexibility index (Phi) is 6.37. The minimum Gasteiger partial charge on any atom is -0.493 e. The molecule has 0 amide bonds. The fourth-order valence-electron chi connectivity index (χ4n) is 3.15. The van der Waals surface area contributed by atoms with E-state index in [1.165, 1.54) is 44.1 Å². The van der Waals surface area contributed by atoms with Gasteiger partial charge >= 0.3 is 0 Å². The lowest BCUT2D eigenvalue weighted by molar-refractivity contribution is 0.353. The van der Waals surface area contributed by atoms with Gasteiger partial charge in [-0.05, 0) is 49.9 Å². The molecule has 21 heavy (non-hydrogen) atoms. The van der Waals surface area contributed by atoms with Crippen LogP contribution in [0.1, 0.15) is 57.1 Å².